The van der Waals surface area contributed by atoms with Crippen LogP contribution in [0.25, 0.3) is 0 Å². The van der Waals surface area contributed by atoms with Crippen molar-refractivity contribution in [1.29, 1.82) is 0 Å². The first-order chi connectivity index (χ1) is 20.4. The molecule has 0 radical (unpaired) electrons. The molecule has 0 aliphatic rings. The van der Waals surface area contributed by atoms with Gasteiger partial charge in [0.15, 0.2) is 6.10 Å². The van der Waals surface area contributed by atoms with Gasteiger partial charge in [0.1, 0.15) is 12.2 Å². The van der Waals surface area contributed by atoms with Gasteiger partial charge < -0.3 is 29.2 Å². The highest BCUT2D eigenvalue weighted by Crippen LogP contribution is 2.43. The molecule has 12 nitrogen and oxygen atoms in total. The summed E-state index contributed by atoms with van der Waals surface area (Å²) in [6.45, 7) is 25.1. The molecular formula is C33H64NO11P. The zero-order chi connectivity index (χ0) is 36.4. The van der Waals surface area contributed by atoms with Crippen LogP contribution in [-0.2, 0) is 46.9 Å². The molecule has 2 atom stereocenters. The lowest BCUT2D eigenvalue weighted by molar-refractivity contribution is -0.173. The zero-order valence-corrected chi connectivity index (χ0v) is 32.1. The van der Waals surface area contributed by atoms with E-state index < -0.39 is 60.4 Å². The van der Waals surface area contributed by atoms with Crippen molar-refractivity contribution < 1.29 is 51.8 Å². The van der Waals surface area contributed by atoms with E-state index in [4.69, 9.17) is 28.0 Å². The fourth-order valence-electron chi connectivity index (χ4n) is 5.06. The predicted octanol–water partition coefficient (Wildman–Crippen LogP) is 6.23. The van der Waals surface area contributed by atoms with E-state index in [1.807, 2.05) is 55.4 Å². The fourth-order valence-corrected chi connectivity index (χ4v) is 5.81. The number of rotatable bonds is 20. The Hall–Kier alpha value is -1.56. The molecule has 13 heteroatoms. The number of ether oxygens (including phenoxy) is 4. The molecule has 0 heterocycles. The van der Waals surface area contributed by atoms with Crippen LogP contribution in [0.3, 0.4) is 0 Å². The third kappa shape index (κ3) is 18.7. The van der Waals surface area contributed by atoms with E-state index in [9.17, 15) is 23.8 Å². The van der Waals surface area contributed by atoms with E-state index in [-0.39, 0.29) is 30.6 Å². The van der Waals surface area contributed by atoms with E-state index in [1.54, 1.807) is 48.7 Å². The van der Waals surface area contributed by atoms with Gasteiger partial charge in [-0.2, -0.15) is 0 Å². The van der Waals surface area contributed by atoms with Crippen molar-refractivity contribution in [2.75, 3.05) is 40.1 Å². The van der Waals surface area contributed by atoms with Crippen molar-refractivity contribution in [2.45, 2.75) is 134 Å². The summed E-state index contributed by atoms with van der Waals surface area (Å²) in [5.41, 5.74) is -3.57. The van der Waals surface area contributed by atoms with Gasteiger partial charge in [0.25, 0.3) is 5.91 Å². The summed E-state index contributed by atoms with van der Waals surface area (Å²) < 4.78 is 45.1. The first-order valence-electron chi connectivity index (χ1n) is 15.9. The summed E-state index contributed by atoms with van der Waals surface area (Å²) in [5.74, 6) is -1.49. The minimum atomic E-state index is -4.64. The van der Waals surface area contributed by atoms with Crippen molar-refractivity contribution >= 4 is 25.7 Å². The number of esters is 2. The monoisotopic (exact) mass is 681 g/mol. The number of phosphoric ester groups is 1. The Morgan fingerprint density at radius 3 is 1.72 bits per heavy atom. The van der Waals surface area contributed by atoms with Gasteiger partial charge in [0, 0.05) is 13.7 Å². The van der Waals surface area contributed by atoms with Crippen molar-refractivity contribution in [3.8, 4) is 0 Å². The molecule has 0 aromatic rings. The van der Waals surface area contributed by atoms with E-state index in [1.165, 1.54) is 0 Å². The van der Waals surface area contributed by atoms with Crippen molar-refractivity contribution in [3.63, 3.8) is 0 Å². The number of carbonyl (C=O) groups excluding carboxylic acids is 3. The lowest BCUT2D eigenvalue weighted by Gasteiger charge is -2.33. The van der Waals surface area contributed by atoms with Gasteiger partial charge in [-0.05, 0) is 85.5 Å². The molecule has 0 saturated heterocycles. The molecule has 0 aromatic carbocycles. The smallest absolute Gasteiger partial charge is 0.461 e. The second-order valence-corrected chi connectivity index (χ2v) is 18.2. The highest BCUT2D eigenvalue weighted by atomic mass is 31.2. The molecule has 272 valence electrons. The van der Waals surface area contributed by atoms with Crippen LogP contribution >= 0.6 is 7.82 Å². The third-order valence-corrected chi connectivity index (χ3v) is 8.04. The molecular weight excluding hydrogens is 617 g/mol. The summed E-state index contributed by atoms with van der Waals surface area (Å²) in [6, 6.07) is 0. The Bertz CT molecular complexity index is 1040. The number of amides is 1. The number of hydrogen-bond acceptors (Lipinski definition) is 10. The second-order valence-electron chi connectivity index (χ2n) is 16.8. The summed E-state index contributed by atoms with van der Waals surface area (Å²) in [5, 5.41) is 2.61. The maximum atomic E-state index is 13.2. The molecule has 1 amide bonds. The van der Waals surface area contributed by atoms with Crippen LogP contribution in [0.2, 0.25) is 0 Å². The molecule has 0 spiro atoms. The molecule has 0 aromatic heterocycles. The minimum Gasteiger partial charge on any atom is -0.461 e. The second kappa shape index (κ2) is 17.2. The molecule has 46 heavy (non-hydrogen) atoms. The Kier molecular flexibility index (Phi) is 16.6. The predicted molar refractivity (Wildman–Crippen MR) is 177 cm³/mol. The van der Waals surface area contributed by atoms with Crippen molar-refractivity contribution in [2.24, 2.45) is 21.7 Å². The van der Waals surface area contributed by atoms with Gasteiger partial charge in [0.2, 0.25) is 0 Å². The van der Waals surface area contributed by atoms with Crippen LogP contribution in [0, 0.1) is 21.7 Å². The average Bonchev–Trinajstić information content (AvgIpc) is 2.84. The van der Waals surface area contributed by atoms with Crippen molar-refractivity contribution in [1.82, 2.24) is 5.32 Å². The van der Waals surface area contributed by atoms with Crippen LogP contribution in [0.5, 0.6) is 0 Å². The third-order valence-electron chi connectivity index (χ3n) is 7.06. The molecule has 2 unspecified atom stereocenters. The topological polar surface area (TPSA) is 156 Å². The van der Waals surface area contributed by atoms with Gasteiger partial charge in [-0.15, -0.1) is 0 Å². The normalized spacial score (nSPS) is 15.6. The Labute approximate surface area is 277 Å². The van der Waals surface area contributed by atoms with E-state index >= 15 is 0 Å². The Balaban J connectivity index is 5.30. The molecule has 0 rings (SSSR count). The number of methoxy groups -OCH3 is 1. The summed E-state index contributed by atoms with van der Waals surface area (Å²) >= 11 is 0. The molecule has 0 fully saturated rings. The van der Waals surface area contributed by atoms with Crippen LogP contribution in [0.4, 0.5) is 0 Å². The average molecular weight is 682 g/mol. The highest BCUT2D eigenvalue weighted by molar-refractivity contribution is 7.47. The molecule has 0 saturated carbocycles. The standard InChI is InChI=1S/C33H64NO11P/c1-28(2,3)22-30(7,8)26(36)41-20-24(45-27(37)31(9,10)23-29(4,5)6)21-44-46(38,39)43-19-17-34-25(35)33(13,14)42-18-16-32(11,12)40-15/h24H,16-23H2,1-15H3,(H,34,35)(H,38,39). The maximum absolute atomic E-state index is 13.2. The van der Waals surface area contributed by atoms with Crippen LogP contribution in [-0.4, -0.2) is 80.1 Å². The van der Waals surface area contributed by atoms with E-state index in [0.29, 0.717) is 25.9 Å². The molecule has 0 bridgehead atoms. The van der Waals surface area contributed by atoms with Crippen molar-refractivity contribution in [3.05, 3.63) is 0 Å². The molecule has 0 aliphatic carbocycles. The number of phosphoric acid groups is 1. The zero-order valence-electron chi connectivity index (χ0n) is 31.2. The number of hydrogen-bond donors (Lipinski definition) is 2. The summed E-state index contributed by atoms with van der Waals surface area (Å²) in [4.78, 5) is 49.0. The van der Waals surface area contributed by atoms with E-state index in [0.717, 1.165) is 0 Å². The highest BCUT2D eigenvalue weighted by Gasteiger charge is 2.38. The lowest BCUT2D eigenvalue weighted by atomic mass is 9.76. The van der Waals surface area contributed by atoms with E-state index in [2.05, 4.69) is 5.32 Å². The first-order valence-corrected chi connectivity index (χ1v) is 17.4. The quantitative estimate of drug-likeness (QED) is 0.0854. The van der Waals surface area contributed by atoms with Crippen LogP contribution < -0.4 is 5.32 Å². The fraction of sp³-hybridized carbons (Fsp3) is 0.909. The maximum Gasteiger partial charge on any atom is 0.472 e. The SMILES string of the molecule is COC(C)(C)CCOC(C)(C)C(=O)NCCOP(=O)(O)OCC(COC(=O)C(C)(C)CC(C)(C)C)OC(=O)C(C)(C)CC(C)(C)C. The van der Waals surface area contributed by atoms with Crippen LogP contribution in [0.15, 0.2) is 0 Å². The van der Waals surface area contributed by atoms with Gasteiger partial charge in [0.05, 0.1) is 36.3 Å². The van der Waals surface area contributed by atoms with Crippen LogP contribution in [0.1, 0.15) is 116 Å². The van der Waals surface area contributed by atoms with Gasteiger partial charge in [-0.1, -0.05) is 41.5 Å². The summed E-state index contributed by atoms with van der Waals surface area (Å²) in [6.07, 6.45) is 0.452. The first kappa shape index (κ1) is 44.4. The number of carbonyl (C=O) groups is 3. The lowest BCUT2D eigenvalue weighted by Crippen LogP contribution is -2.46. The number of nitrogens with one attached hydrogen (secondary N) is 1. The van der Waals surface area contributed by atoms with Gasteiger partial charge in [-0.25, -0.2) is 4.57 Å². The largest absolute Gasteiger partial charge is 0.472 e. The molecule has 2 N–H and O–H groups in total. The Morgan fingerprint density at radius 2 is 1.24 bits per heavy atom. The van der Waals surface area contributed by atoms with Gasteiger partial charge in [-0.3, -0.25) is 23.4 Å². The van der Waals surface area contributed by atoms with Gasteiger partial charge >= 0.3 is 19.8 Å². The Morgan fingerprint density at radius 1 is 0.739 bits per heavy atom. The minimum absolute atomic E-state index is 0.0943. The summed E-state index contributed by atoms with van der Waals surface area (Å²) in [7, 11) is -3.04. The molecule has 0 aliphatic heterocycles.